The van der Waals surface area contributed by atoms with E-state index in [0.29, 0.717) is 11.8 Å². The summed E-state index contributed by atoms with van der Waals surface area (Å²) in [5.74, 6) is 0.114. The molecule has 7 nitrogen and oxygen atoms in total. The van der Waals surface area contributed by atoms with Crippen molar-refractivity contribution in [3.05, 3.63) is 29.5 Å². The molecule has 3 aliphatic rings. The number of piperidine rings is 2. The molecule has 1 spiro atoms. The second kappa shape index (κ2) is 10.5. The van der Waals surface area contributed by atoms with Gasteiger partial charge in [-0.05, 0) is 94.2 Å². The van der Waals surface area contributed by atoms with E-state index in [-0.39, 0.29) is 5.91 Å². The summed E-state index contributed by atoms with van der Waals surface area (Å²) in [5, 5.41) is 11.7. The standard InChI is InChI=1S/C24H36N6O.C2H6/c1-17-12-18(13-19-15-27-28-22(17)19)14-21(25)23(31)30-11-6-24(16-30)4-9-29(10-5-24)20-2-7-26-8-3-20;1-2/h12-13,15,20-21,26H,2-11,14,16,25H2,1H3,(H,27,28);1-2H3. The third-order valence-corrected chi connectivity index (χ3v) is 8.01. The van der Waals surface area contributed by atoms with Gasteiger partial charge in [0, 0.05) is 24.5 Å². The third-order valence-electron chi connectivity index (χ3n) is 8.01. The Kier molecular flexibility index (Phi) is 7.72. The first-order valence-corrected chi connectivity index (χ1v) is 12.9. The molecule has 1 amide bonds. The van der Waals surface area contributed by atoms with Crippen LogP contribution in [0.1, 0.15) is 57.1 Å². The maximum atomic E-state index is 13.2. The Morgan fingerprint density at radius 2 is 1.88 bits per heavy atom. The van der Waals surface area contributed by atoms with Crippen LogP contribution in [0.15, 0.2) is 18.3 Å². The molecular weight excluding hydrogens is 412 g/mol. The lowest BCUT2D eigenvalue weighted by atomic mass is 9.77. The summed E-state index contributed by atoms with van der Waals surface area (Å²) < 4.78 is 0. The number of carbonyl (C=O) groups excluding carboxylic acids is 1. The third kappa shape index (κ3) is 5.26. The van der Waals surface area contributed by atoms with Crippen molar-refractivity contribution in [1.82, 2.24) is 25.3 Å². The van der Waals surface area contributed by atoms with Crippen LogP contribution >= 0.6 is 0 Å². The maximum absolute atomic E-state index is 13.2. The summed E-state index contributed by atoms with van der Waals surface area (Å²) in [7, 11) is 0. The fraction of sp³-hybridized carbons (Fsp3) is 0.692. The summed E-state index contributed by atoms with van der Waals surface area (Å²) in [4.78, 5) is 17.9. The molecule has 1 aromatic carbocycles. The van der Waals surface area contributed by atoms with Gasteiger partial charge in [0.05, 0.1) is 17.8 Å². The number of aromatic nitrogens is 2. The van der Waals surface area contributed by atoms with Crippen LogP contribution in [0.4, 0.5) is 0 Å². The van der Waals surface area contributed by atoms with Crippen LogP contribution in [0.3, 0.4) is 0 Å². The van der Waals surface area contributed by atoms with Crippen LogP contribution in [0.25, 0.3) is 10.9 Å². The number of hydrogen-bond donors (Lipinski definition) is 3. The van der Waals surface area contributed by atoms with E-state index in [4.69, 9.17) is 5.73 Å². The monoisotopic (exact) mass is 454 g/mol. The number of aryl methyl sites for hydroxylation is 1. The second-order valence-corrected chi connectivity index (χ2v) is 10.1. The van der Waals surface area contributed by atoms with Gasteiger partial charge in [-0.25, -0.2) is 0 Å². The molecule has 5 rings (SSSR count). The minimum Gasteiger partial charge on any atom is -0.341 e. The lowest BCUT2D eigenvalue weighted by Crippen LogP contribution is -2.50. The molecule has 3 aliphatic heterocycles. The number of nitrogens with two attached hydrogens (primary N) is 1. The van der Waals surface area contributed by atoms with Gasteiger partial charge < -0.3 is 20.9 Å². The molecule has 182 valence electrons. The molecule has 0 saturated carbocycles. The topological polar surface area (TPSA) is 90.3 Å². The summed E-state index contributed by atoms with van der Waals surface area (Å²) in [5.41, 5.74) is 10.0. The number of hydrogen-bond acceptors (Lipinski definition) is 5. The van der Waals surface area contributed by atoms with Gasteiger partial charge in [-0.1, -0.05) is 19.9 Å². The average molecular weight is 455 g/mol. The summed E-state index contributed by atoms with van der Waals surface area (Å²) >= 11 is 0. The van der Waals surface area contributed by atoms with Crippen LogP contribution in [-0.4, -0.2) is 77.3 Å². The van der Waals surface area contributed by atoms with Gasteiger partial charge in [0.1, 0.15) is 0 Å². The minimum absolute atomic E-state index is 0.114. The van der Waals surface area contributed by atoms with Crippen molar-refractivity contribution in [2.45, 2.75) is 71.4 Å². The van der Waals surface area contributed by atoms with Crippen molar-refractivity contribution in [1.29, 1.82) is 0 Å². The van der Waals surface area contributed by atoms with Crippen molar-refractivity contribution in [2.24, 2.45) is 11.1 Å². The van der Waals surface area contributed by atoms with Crippen molar-refractivity contribution in [3.8, 4) is 0 Å². The largest absolute Gasteiger partial charge is 0.341 e. The van der Waals surface area contributed by atoms with Gasteiger partial charge in [0.2, 0.25) is 5.91 Å². The molecule has 4 heterocycles. The van der Waals surface area contributed by atoms with Crippen molar-refractivity contribution in [3.63, 3.8) is 0 Å². The Hall–Kier alpha value is -1.96. The van der Waals surface area contributed by atoms with Gasteiger partial charge >= 0.3 is 0 Å². The van der Waals surface area contributed by atoms with Gasteiger partial charge in [-0.3, -0.25) is 9.89 Å². The van der Waals surface area contributed by atoms with E-state index in [0.717, 1.165) is 60.7 Å². The molecule has 3 fully saturated rings. The van der Waals surface area contributed by atoms with Crippen LogP contribution < -0.4 is 11.1 Å². The molecule has 0 bridgehead atoms. The Labute approximate surface area is 198 Å². The molecule has 2 aromatic rings. The van der Waals surface area contributed by atoms with Crippen LogP contribution in [0, 0.1) is 12.3 Å². The van der Waals surface area contributed by atoms with E-state index in [1.54, 1.807) is 0 Å². The summed E-state index contributed by atoms with van der Waals surface area (Å²) in [6, 6.07) is 4.49. The van der Waals surface area contributed by atoms with E-state index in [1.807, 2.05) is 24.9 Å². The highest BCUT2D eigenvalue weighted by atomic mass is 16.2. The van der Waals surface area contributed by atoms with E-state index < -0.39 is 6.04 Å². The molecule has 3 saturated heterocycles. The molecule has 33 heavy (non-hydrogen) atoms. The van der Waals surface area contributed by atoms with E-state index in [1.165, 1.54) is 38.8 Å². The zero-order valence-corrected chi connectivity index (χ0v) is 20.7. The van der Waals surface area contributed by atoms with E-state index >= 15 is 0 Å². The smallest absolute Gasteiger partial charge is 0.239 e. The van der Waals surface area contributed by atoms with Crippen molar-refractivity contribution in [2.75, 3.05) is 39.3 Å². The lowest BCUT2D eigenvalue weighted by molar-refractivity contribution is -0.132. The molecule has 7 heteroatoms. The van der Waals surface area contributed by atoms with Crippen LogP contribution in [-0.2, 0) is 11.2 Å². The second-order valence-electron chi connectivity index (χ2n) is 10.1. The molecule has 0 aliphatic carbocycles. The molecule has 4 N–H and O–H groups in total. The highest BCUT2D eigenvalue weighted by Crippen LogP contribution is 2.41. The normalized spacial score (nSPS) is 22.4. The molecular formula is C26H42N6O. The number of carbonyl (C=O) groups is 1. The Balaban J connectivity index is 0.00000126. The Morgan fingerprint density at radius 1 is 1.18 bits per heavy atom. The summed E-state index contributed by atoms with van der Waals surface area (Å²) in [6.07, 6.45) is 8.52. The predicted octanol–water partition coefficient (Wildman–Crippen LogP) is 2.83. The van der Waals surface area contributed by atoms with Gasteiger partial charge in [0.25, 0.3) is 0 Å². The van der Waals surface area contributed by atoms with Crippen LogP contribution in [0.5, 0.6) is 0 Å². The lowest BCUT2D eigenvalue weighted by Gasteiger charge is -2.43. The number of H-pyrrole nitrogens is 1. The van der Waals surface area contributed by atoms with Gasteiger partial charge in [0.15, 0.2) is 0 Å². The zero-order valence-electron chi connectivity index (χ0n) is 20.7. The molecule has 1 atom stereocenters. The summed E-state index contributed by atoms with van der Waals surface area (Å²) in [6.45, 7) is 12.5. The number of fused-ring (bicyclic) bond motifs is 1. The first-order valence-electron chi connectivity index (χ1n) is 12.9. The first-order chi connectivity index (χ1) is 16.0. The highest BCUT2D eigenvalue weighted by Gasteiger charge is 2.43. The number of rotatable bonds is 4. The molecule has 0 radical (unpaired) electrons. The van der Waals surface area contributed by atoms with E-state index in [2.05, 4.69) is 39.5 Å². The molecule has 1 unspecified atom stereocenters. The number of amides is 1. The number of nitrogens with one attached hydrogen (secondary N) is 2. The van der Waals surface area contributed by atoms with E-state index in [9.17, 15) is 4.79 Å². The average Bonchev–Trinajstić information content (AvgIpc) is 3.49. The SMILES string of the molecule is CC.Cc1cc(CC(N)C(=O)N2CCC3(CCN(C4CCNCC4)CC3)C2)cc2cn[nH]c12. The number of benzene rings is 1. The van der Waals surface area contributed by atoms with Gasteiger partial charge in [-0.2, -0.15) is 5.10 Å². The molecule has 1 aromatic heterocycles. The zero-order chi connectivity index (χ0) is 23.4. The van der Waals surface area contributed by atoms with Crippen molar-refractivity contribution < 1.29 is 4.79 Å². The fourth-order valence-corrected chi connectivity index (χ4v) is 6.07. The quantitative estimate of drug-likeness (QED) is 0.661. The van der Waals surface area contributed by atoms with Crippen molar-refractivity contribution >= 4 is 16.8 Å². The Bertz CT molecular complexity index is 926. The maximum Gasteiger partial charge on any atom is 0.239 e. The number of likely N-dealkylation sites (tertiary alicyclic amines) is 2. The predicted molar refractivity (Wildman–Crippen MR) is 134 cm³/mol. The van der Waals surface area contributed by atoms with Gasteiger partial charge in [-0.15, -0.1) is 0 Å². The fourth-order valence-electron chi connectivity index (χ4n) is 6.07. The Morgan fingerprint density at radius 3 is 2.61 bits per heavy atom. The number of aromatic amines is 1. The first kappa shape index (κ1) is 24.2. The van der Waals surface area contributed by atoms with Crippen LogP contribution in [0.2, 0.25) is 0 Å². The number of nitrogens with zero attached hydrogens (tertiary/aromatic N) is 3. The minimum atomic E-state index is -0.478. The highest BCUT2D eigenvalue weighted by molar-refractivity contribution is 5.84.